The standard InChI is InChI=1S/C10H12N2O6/c11-6-2-1-5(3-7(6)12(17)18)10(16)8(13)4-9(14)15/h1-3,8,10,13,16H,4,11H2,(H,14,15). The molecule has 1 aromatic carbocycles. The van der Waals surface area contributed by atoms with E-state index in [2.05, 4.69) is 0 Å². The first-order chi connectivity index (χ1) is 8.32. The highest BCUT2D eigenvalue weighted by atomic mass is 16.6. The molecule has 1 rings (SSSR count). The number of hydrogen-bond donors (Lipinski definition) is 4. The van der Waals surface area contributed by atoms with Gasteiger partial charge in [-0.05, 0) is 11.6 Å². The predicted octanol–water partition coefficient (Wildman–Crippen LogP) is 0.0460. The van der Waals surface area contributed by atoms with Crippen molar-refractivity contribution in [3.05, 3.63) is 33.9 Å². The van der Waals surface area contributed by atoms with Gasteiger partial charge in [0.2, 0.25) is 0 Å². The number of nitrogens with two attached hydrogens (primary N) is 1. The Morgan fingerprint density at radius 1 is 1.44 bits per heavy atom. The third-order valence-electron chi connectivity index (χ3n) is 2.34. The van der Waals surface area contributed by atoms with Gasteiger partial charge in [-0.3, -0.25) is 14.9 Å². The molecule has 98 valence electrons. The molecule has 0 fully saturated rings. The van der Waals surface area contributed by atoms with E-state index in [1.165, 1.54) is 12.1 Å². The Morgan fingerprint density at radius 2 is 2.06 bits per heavy atom. The van der Waals surface area contributed by atoms with E-state index in [9.17, 15) is 25.1 Å². The molecule has 0 saturated carbocycles. The van der Waals surface area contributed by atoms with Gasteiger partial charge in [0.05, 0.1) is 17.4 Å². The lowest BCUT2D eigenvalue weighted by Gasteiger charge is -2.16. The maximum Gasteiger partial charge on any atom is 0.306 e. The first-order valence-corrected chi connectivity index (χ1v) is 4.94. The van der Waals surface area contributed by atoms with Crippen LogP contribution in [0.15, 0.2) is 18.2 Å². The predicted molar refractivity (Wildman–Crippen MR) is 60.7 cm³/mol. The molecule has 0 aliphatic rings. The normalized spacial score (nSPS) is 13.9. The first kappa shape index (κ1) is 13.9. The largest absolute Gasteiger partial charge is 0.481 e. The van der Waals surface area contributed by atoms with Crippen LogP contribution in [0.5, 0.6) is 0 Å². The van der Waals surface area contributed by atoms with E-state index in [1.54, 1.807) is 0 Å². The van der Waals surface area contributed by atoms with E-state index < -0.39 is 35.2 Å². The molecule has 2 unspecified atom stereocenters. The molecule has 0 aliphatic carbocycles. The Morgan fingerprint density at radius 3 is 2.56 bits per heavy atom. The number of anilines is 1. The van der Waals surface area contributed by atoms with Gasteiger partial charge >= 0.3 is 5.97 Å². The van der Waals surface area contributed by atoms with Crippen LogP contribution in [-0.2, 0) is 4.79 Å². The molecular weight excluding hydrogens is 244 g/mol. The van der Waals surface area contributed by atoms with E-state index in [0.29, 0.717) is 0 Å². The van der Waals surface area contributed by atoms with Crippen LogP contribution in [0.4, 0.5) is 11.4 Å². The van der Waals surface area contributed by atoms with Crippen molar-refractivity contribution < 1.29 is 25.0 Å². The number of carbonyl (C=O) groups is 1. The summed E-state index contributed by atoms with van der Waals surface area (Å²) >= 11 is 0. The van der Waals surface area contributed by atoms with Crippen LogP contribution in [-0.4, -0.2) is 32.3 Å². The summed E-state index contributed by atoms with van der Waals surface area (Å²) in [5, 5.41) is 38.2. The van der Waals surface area contributed by atoms with Gasteiger partial charge in [-0.2, -0.15) is 0 Å². The summed E-state index contributed by atoms with van der Waals surface area (Å²) < 4.78 is 0. The number of aliphatic carboxylic acids is 1. The van der Waals surface area contributed by atoms with Crippen molar-refractivity contribution in [1.82, 2.24) is 0 Å². The molecule has 0 saturated heterocycles. The van der Waals surface area contributed by atoms with Gasteiger partial charge in [0, 0.05) is 6.07 Å². The Hall–Kier alpha value is -2.19. The summed E-state index contributed by atoms with van der Waals surface area (Å²) in [6.07, 6.45) is -3.74. The van der Waals surface area contributed by atoms with E-state index in [4.69, 9.17) is 10.8 Å². The van der Waals surface area contributed by atoms with Gasteiger partial charge < -0.3 is 21.1 Å². The quantitative estimate of drug-likeness (QED) is 0.330. The summed E-state index contributed by atoms with van der Waals surface area (Å²) in [6, 6.07) is 3.51. The number of nitrogens with zero attached hydrogens (tertiary/aromatic N) is 1. The first-order valence-electron chi connectivity index (χ1n) is 4.94. The van der Waals surface area contributed by atoms with Crippen molar-refractivity contribution in [3.63, 3.8) is 0 Å². The average molecular weight is 256 g/mol. The lowest BCUT2D eigenvalue weighted by atomic mass is 10.0. The fourth-order valence-electron chi connectivity index (χ4n) is 1.42. The Kier molecular flexibility index (Phi) is 4.18. The molecule has 0 radical (unpaired) electrons. The van der Waals surface area contributed by atoms with Crippen molar-refractivity contribution in [2.75, 3.05) is 5.73 Å². The molecule has 18 heavy (non-hydrogen) atoms. The molecule has 0 heterocycles. The number of aliphatic hydroxyl groups is 2. The molecule has 0 bridgehead atoms. The molecule has 5 N–H and O–H groups in total. The van der Waals surface area contributed by atoms with Crippen LogP contribution in [0.3, 0.4) is 0 Å². The monoisotopic (exact) mass is 256 g/mol. The van der Waals surface area contributed by atoms with Crippen molar-refractivity contribution in [2.45, 2.75) is 18.6 Å². The minimum absolute atomic E-state index is 0.0321. The fourth-order valence-corrected chi connectivity index (χ4v) is 1.42. The highest BCUT2D eigenvalue weighted by Crippen LogP contribution is 2.27. The number of nitrogen functional groups attached to an aromatic ring is 1. The molecule has 0 amide bonds. The summed E-state index contributed by atoms with van der Waals surface area (Å²) in [4.78, 5) is 20.3. The van der Waals surface area contributed by atoms with Crippen LogP contribution in [0.25, 0.3) is 0 Å². The Balaban J connectivity index is 2.99. The maximum atomic E-state index is 10.6. The van der Waals surface area contributed by atoms with Crippen LogP contribution in [0, 0.1) is 10.1 Å². The topological polar surface area (TPSA) is 147 Å². The van der Waals surface area contributed by atoms with Gasteiger partial charge in [0.1, 0.15) is 11.8 Å². The Bertz CT molecular complexity index is 475. The fraction of sp³-hybridized carbons (Fsp3) is 0.300. The molecule has 8 nitrogen and oxygen atoms in total. The van der Waals surface area contributed by atoms with Crippen LogP contribution in [0.2, 0.25) is 0 Å². The van der Waals surface area contributed by atoms with Crippen LogP contribution < -0.4 is 5.73 Å². The molecule has 1 aromatic rings. The van der Waals surface area contributed by atoms with Gasteiger partial charge in [0.25, 0.3) is 5.69 Å². The van der Waals surface area contributed by atoms with Crippen molar-refractivity contribution in [1.29, 1.82) is 0 Å². The minimum atomic E-state index is -1.55. The third-order valence-corrected chi connectivity index (χ3v) is 2.34. The van der Waals surface area contributed by atoms with Crippen LogP contribution >= 0.6 is 0 Å². The summed E-state index contributed by atoms with van der Waals surface area (Å²) in [5.41, 5.74) is 4.91. The zero-order chi connectivity index (χ0) is 13.9. The molecular formula is C10H12N2O6. The van der Waals surface area contributed by atoms with Crippen molar-refractivity contribution in [3.8, 4) is 0 Å². The molecule has 8 heteroatoms. The SMILES string of the molecule is Nc1ccc(C(O)C(O)CC(=O)O)cc1[N+](=O)[O-]. The highest BCUT2D eigenvalue weighted by Gasteiger charge is 2.23. The number of carboxylic acids is 1. The number of rotatable bonds is 5. The van der Waals surface area contributed by atoms with E-state index in [1.807, 2.05) is 0 Å². The smallest absolute Gasteiger partial charge is 0.306 e. The number of nitro benzene ring substituents is 1. The minimum Gasteiger partial charge on any atom is -0.481 e. The van der Waals surface area contributed by atoms with E-state index >= 15 is 0 Å². The highest BCUT2D eigenvalue weighted by molar-refractivity contribution is 5.67. The second-order valence-corrected chi connectivity index (χ2v) is 3.69. The van der Waals surface area contributed by atoms with Gasteiger partial charge in [-0.25, -0.2) is 0 Å². The number of hydrogen-bond acceptors (Lipinski definition) is 6. The molecule has 0 aliphatic heterocycles. The Labute approximate surface area is 101 Å². The molecule has 0 spiro atoms. The number of nitro groups is 1. The lowest BCUT2D eigenvalue weighted by molar-refractivity contribution is -0.384. The summed E-state index contributed by atoms with van der Waals surface area (Å²) in [7, 11) is 0. The van der Waals surface area contributed by atoms with Gasteiger partial charge in [-0.15, -0.1) is 0 Å². The molecule has 2 atom stereocenters. The summed E-state index contributed by atoms with van der Waals surface area (Å²) in [5.74, 6) is -1.29. The second-order valence-electron chi connectivity index (χ2n) is 3.69. The lowest BCUT2D eigenvalue weighted by Crippen LogP contribution is -2.21. The zero-order valence-electron chi connectivity index (χ0n) is 9.18. The zero-order valence-corrected chi connectivity index (χ0v) is 9.18. The van der Waals surface area contributed by atoms with Crippen molar-refractivity contribution in [2.24, 2.45) is 0 Å². The number of carboxylic acid groups (broad SMARTS) is 1. The van der Waals surface area contributed by atoms with E-state index in [-0.39, 0.29) is 11.3 Å². The summed E-state index contributed by atoms with van der Waals surface area (Å²) in [6.45, 7) is 0. The third kappa shape index (κ3) is 3.15. The number of aliphatic hydroxyl groups excluding tert-OH is 2. The average Bonchev–Trinajstić information content (AvgIpc) is 2.27. The van der Waals surface area contributed by atoms with E-state index in [0.717, 1.165) is 6.07 Å². The van der Waals surface area contributed by atoms with Crippen molar-refractivity contribution >= 4 is 17.3 Å². The number of benzene rings is 1. The maximum absolute atomic E-state index is 10.6. The van der Waals surface area contributed by atoms with Crippen LogP contribution in [0.1, 0.15) is 18.1 Å². The van der Waals surface area contributed by atoms with Gasteiger partial charge in [0.15, 0.2) is 0 Å². The second kappa shape index (κ2) is 5.43. The van der Waals surface area contributed by atoms with Gasteiger partial charge in [-0.1, -0.05) is 6.07 Å². The molecule has 0 aromatic heterocycles.